The van der Waals surface area contributed by atoms with E-state index in [1.165, 1.54) is 37.5 Å². The molecule has 2 aromatic carbocycles. The number of benzene rings is 2. The molecule has 0 aromatic heterocycles. The first-order valence-corrected chi connectivity index (χ1v) is 8.01. The van der Waals surface area contributed by atoms with E-state index in [1.807, 2.05) is 0 Å². The molecule has 138 valence electrons. The van der Waals surface area contributed by atoms with Gasteiger partial charge in [0, 0.05) is 0 Å². The van der Waals surface area contributed by atoms with Crippen LogP contribution in [0.5, 0.6) is 5.75 Å². The highest BCUT2D eigenvalue weighted by atomic mass is 19.1. The summed E-state index contributed by atoms with van der Waals surface area (Å²) in [5.41, 5.74) is 0.983. The van der Waals surface area contributed by atoms with Gasteiger partial charge in [0.1, 0.15) is 23.8 Å². The van der Waals surface area contributed by atoms with Gasteiger partial charge < -0.3 is 15.4 Å². The SMILES string of the molecule is COc1ccccc1NC(=O)CN1C(=O)N/C(=C/c2ccc(F)cc2)C1=O. The van der Waals surface area contributed by atoms with Crippen LogP contribution in [-0.2, 0) is 9.59 Å². The number of anilines is 1. The number of ether oxygens (including phenoxy) is 1. The molecule has 0 saturated carbocycles. The molecule has 1 saturated heterocycles. The summed E-state index contributed by atoms with van der Waals surface area (Å²) in [7, 11) is 1.47. The normalized spacial score (nSPS) is 15.0. The molecular weight excluding hydrogens is 353 g/mol. The van der Waals surface area contributed by atoms with E-state index in [9.17, 15) is 18.8 Å². The molecule has 4 amide bonds. The standard InChI is InChI=1S/C19H16FN3O4/c1-27-16-5-3-2-4-14(16)21-17(24)11-23-18(25)15(22-19(23)26)10-12-6-8-13(20)9-7-12/h2-10H,11H2,1H3,(H,21,24)(H,22,26)/b15-10+. The Hall–Kier alpha value is -3.68. The van der Waals surface area contributed by atoms with Crippen molar-refractivity contribution in [3.63, 3.8) is 0 Å². The third-order valence-corrected chi connectivity index (χ3v) is 3.83. The fourth-order valence-electron chi connectivity index (χ4n) is 2.52. The minimum atomic E-state index is -0.705. The van der Waals surface area contributed by atoms with Gasteiger partial charge in [0.05, 0.1) is 12.8 Å². The zero-order valence-electron chi connectivity index (χ0n) is 14.4. The topological polar surface area (TPSA) is 87.7 Å². The largest absolute Gasteiger partial charge is 0.495 e. The Balaban J connectivity index is 1.70. The van der Waals surface area contributed by atoms with E-state index in [0.717, 1.165) is 4.90 Å². The summed E-state index contributed by atoms with van der Waals surface area (Å²) >= 11 is 0. The number of hydrogen-bond donors (Lipinski definition) is 2. The molecule has 0 bridgehead atoms. The highest BCUT2D eigenvalue weighted by molar-refractivity contribution is 6.16. The number of nitrogens with zero attached hydrogens (tertiary/aromatic N) is 1. The van der Waals surface area contributed by atoms with Crippen molar-refractivity contribution in [1.82, 2.24) is 10.2 Å². The molecule has 0 spiro atoms. The zero-order valence-corrected chi connectivity index (χ0v) is 14.4. The lowest BCUT2D eigenvalue weighted by Crippen LogP contribution is -2.38. The Morgan fingerprint density at radius 1 is 1.19 bits per heavy atom. The van der Waals surface area contributed by atoms with E-state index >= 15 is 0 Å². The third kappa shape index (κ3) is 4.12. The van der Waals surface area contributed by atoms with Gasteiger partial charge in [-0.3, -0.25) is 9.59 Å². The monoisotopic (exact) mass is 369 g/mol. The Kier molecular flexibility index (Phi) is 5.16. The number of urea groups is 1. The number of hydrogen-bond acceptors (Lipinski definition) is 4. The average Bonchev–Trinajstić information content (AvgIpc) is 2.91. The third-order valence-electron chi connectivity index (χ3n) is 3.83. The first kappa shape index (κ1) is 18.1. The number of methoxy groups -OCH3 is 1. The Bertz CT molecular complexity index is 925. The van der Waals surface area contributed by atoms with E-state index in [1.54, 1.807) is 24.3 Å². The molecule has 1 fully saturated rings. The van der Waals surface area contributed by atoms with Crippen LogP contribution in [0.3, 0.4) is 0 Å². The van der Waals surface area contributed by atoms with Crippen molar-refractivity contribution in [2.24, 2.45) is 0 Å². The van der Waals surface area contributed by atoms with E-state index in [2.05, 4.69) is 10.6 Å². The average molecular weight is 369 g/mol. The lowest BCUT2D eigenvalue weighted by atomic mass is 10.2. The quantitative estimate of drug-likeness (QED) is 0.626. The smallest absolute Gasteiger partial charge is 0.329 e. The molecule has 7 nitrogen and oxygen atoms in total. The summed E-state index contributed by atoms with van der Waals surface area (Å²) in [6.07, 6.45) is 1.41. The second kappa shape index (κ2) is 7.69. The lowest BCUT2D eigenvalue weighted by Gasteiger charge is -2.13. The molecule has 1 aliphatic rings. The lowest BCUT2D eigenvalue weighted by molar-refractivity contribution is -0.127. The number of rotatable bonds is 5. The summed E-state index contributed by atoms with van der Waals surface area (Å²) in [6.45, 7) is -0.455. The van der Waals surface area contributed by atoms with Gasteiger partial charge in [-0.2, -0.15) is 0 Å². The number of halogens is 1. The van der Waals surface area contributed by atoms with Crippen LogP contribution in [0.15, 0.2) is 54.2 Å². The van der Waals surface area contributed by atoms with Crippen molar-refractivity contribution in [2.75, 3.05) is 19.0 Å². The fourth-order valence-corrected chi connectivity index (χ4v) is 2.52. The second-order valence-corrected chi connectivity index (χ2v) is 5.68. The van der Waals surface area contributed by atoms with Crippen molar-refractivity contribution < 1.29 is 23.5 Å². The van der Waals surface area contributed by atoms with Gasteiger partial charge in [0.15, 0.2) is 0 Å². The van der Waals surface area contributed by atoms with Gasteiger partial charge in [0.2, 0.25) is 5.91 Å². The van der Waals surface area contributed by atoms with Gasteiger partial charge in [0.25, 0.3) is 5.91 Å². The van der Waals surface area contributed by atoms with E-state index in [-0.39, 0.29) is 5.70 Å². The predicted octanol–water partition coefficient (Wildman–Crippen LogP) is 2.37. The maximum atomic E-state index is 13.0. The predicted molar refractivity (Wildman–Crippen MR) is 96.2 cm³/mol. The maximum Gasteiger partial charge on any atom is 0.329 e. The molecule has 3 rings (SSSR count). The molecule has 2 aromatic rings. The van der Waals surface area contributed by atoms with Crippen molar-refractivity contribution in [1.29, 1.82) is 0 Å². The Morgan fingerprint density at radius 3 is 2.59 bits per heavy atom. The van der Waals surface area contributed by atoms with Crippen LogP contribution in [0.4, 0.5) is 14.9 Å². The number of amides is 4. The Labute approximate surface area is 154 Å². The van der Waals surface area contributed by atoms with Crippen LogP contribution >= 0.6 is 0 Å². The van der Waals surface area contributed by atoms with Crippen molar-refractivity contribution in [2.45, 2.75) is 0 Å². The van der Waals surface area contributed by atoms with Crippen molar-refractivity contribution in [3.8, 4) is 5.75 Å². The molecule has 1 heterocycles. The van der Waals surface area contributed by atoms with Gasteiger partial charge in [-0.15, -0.1) is 0 Å². The molecule has 8 heteroatoms. The van der Waals surface area contributed by atoms with Crippen molar-refractivity contribution in [3.05, 3.63) is 65.6 Å². The van der Waals surface area contributed by atoms with Crippen LogP contribution < -0.4 is 15.4 Å². The van der Waals surface area contributed by atoms with Crippen LogP contribution in [0.2, 0.25) is 0 Å². The first-order chi connectivity index (χ1) is 13.0. The molecule has 0 unspecified atom stereocenters. The van der Waals surface area contributed by atoms with E-state index in [0.29, 0.717) is 17.0 Å². The fraction of sp³-hybridized carbons (Fsp3) is 0.105. The van der Waals surface area contributed by atoms with Gasteiger partial charge in [-0.25, -0.2) is 14.1 Å². The molecule has 0 aliphatic carbocycles. The maximum absolute atomic E-state index is 13.0. The zero-order chi connectivity index (χ0) is 19.4. The molecular formula is C19H16FN3O4. The Morgan fingerprint density at radius 2 is 1.89 bits per heavy atom. The number of nitrogens with one attached hydrogen (secondary N) is 2. The van der Waals surface area contributed by atoms with Crippen LogP contribution in [0.1, 0.15) is 5.56 Å². The molecule has 1 aliphatic heterocycles. The number of carbonyl (C=O) groups is 3. The van der Waals surface area contributed by atoms with Crippen LogP contribution in [0.25, 0.3) is 6.08 Å². The summed E-state index contributed by atoms with van der Waals surface area (Å²) in [5.74, 6) is -1.14. The van der Waals surface area contributed by atoms with Gasteiger partial charge in [-0.05, 0) is 35.9 Å². The molecule has 0 radical (unpaired) electrons. The number of imide groups is 1. The summed E-state index contributed by atoms with van der Waals surface area (Å²) in [4.78, 5) is 37.5. The van der Waals surface area contributed by atoms with E-state index < -0.39 is 30.2 Å². The highest BCUT2D eigenvalue weighted by Gasteiger charge is 2.35. The summed E-state index contributed by atoms with van der Waals surface area (Å²) in [6, 6.07) is 11.5. The number of carbonyl (C=O) groups excluding carboxylic acids is 3. The minimum Gasteiger partial charge on any atom is -0.495 e. The van der Waals surface area contributed by atoms with Crippen LogP contribution in [0, 0.1) is 5.82 Å². The molecule has 2 N–H and O–H groups in total. The van der Waals surface area contributed by atoms with Crippen LogP contribution in [-0.4, -0.2) is 36.4 Å². The summed E-state index contributed by atoms with van der Waals surface area (Å²) in [5, 5.41) is 5.01. The highest BCUT2D eigenvalue weighted by Crippen LogP contribution is 2.23. The summed E-state index contributed by atoms with van der Waals surface area (Å²) < 4.78 is 18.1. The minimum absolute atomic E-state index is 0.0108. The molecule has 27 heavy (non-hydrogen) atoms. The van der Waals surface area contributed by atoms with Gasteiger partial charge in [-0.1, -0.05) is 24.3 Å². The second-order valence-electron chi connectivity index (χ2n) is 5.68. The van der Waals surface area contributed by atoms with E-state index in [4.69, 9.17) is 4.74 Å². The van der Waals surface area contributed by atoms with Gasteiger partial charge >= 0.3 is 6.03 Å². The van der Waals surface area contributed by atoms with Crippen molar-refractivity contribution >= 4 is 29.6 Å². The number of para-hydroxylation sites is 2. The first-order valence-electron chi connectivity index (χ1n) is 8.01. The molecule has 0 atom stereocenters.